The van der Waals surface area contributed by atoms with Gasteiger partial charge in [0.2, 0.25) is 0 Å². The lowest BCUT2D eigenvalue weighted by atomic mass is 9.93. The minimum Gasteiger partial charge on any atom is -0.339 e. The number of halogens is 3. The van der Waals surface area contributed by atoms with E-state index in [1.807, 2.05) is 0 Å². The van der Waals surface area contributed by atoms with Crippen molar-refractivity contribution in [1.29, 1.82) is 0 Å². The number of benzene rings is 1. The van der Waals surface area contributed by atoms with Gasteiger partial charge in [-0.3, -0.25) is 9.59 Å². The van der Waals surface area contributed by atoms with Crippen molar-refractivity contribution < 1.29 is 22.8 Å². The third-order valence-corrected chi connectivity index (χ3v) is 3.84. The molecule has 0 bridgehead atoms. The van der Waals surface area contributed by atoms with Crippen molar-refractivity contribution in [3.8, 4) is 0 Å². The van der Waals surface area contributed by atoms with Gasteiger partial charge in [-0.05, 0) is 25.0 Å². The van der Waals surface area contributed by atoms with Gasteiger partial charge in [0.25, 0.3) is 5.91 Å². The van der Waals surface area contributed by atoms with Gasteiger partial charge in [0.1, 0.15) is 5.78 Å². The first-order valence-electron chi connectivity index (χ1n) is 6.76. The molecule has 0 radical (unpaired) electrons. The Morgan fingerprint density at radius 3 is 2.33 bits per heavy atom. The van der Waals surface area contributed by atoms with Crippen LogP contribution in [0.2, 0.25) is 0 Å². The Balaban J connectivity index is 2.22. The van der Waals surface area contributed by atoms with Gasteiger partial charge < -0.3 is 4.90 Å². The van der Waals surface area contributed by atoms with E-state index in [1.54, 1.807) is 0 Å². The van der Waals surface area contributed by atoms with Gasteiger partial charge in [0.05, 0.1) is 11.1 Å². The summed E-state index contributed by atoms with van der Waals surface area (Å²) in [5, 5.41) is 0. The van der Waals surface area contributed by atoms with Gasteiger partial charge in [-0.15, -0.1) is 0 Å². The molecule has 1 aromatic rings. The monoisotopic (exact) mass is 299 g/mol. The molecular formula is C15H16F3NO2. The fourth-order valence-electron chi connectivity index (χ4n) is 2.58. The van der Waals surface area contributed by atoms with Crippen molar-refractivity contribution >= 4 is 11.7 Å². The quantitative estimate of drug-likeness (QED) is 0.840. The molecular weight excluding hydrogens is 283 g/mol. The largest absolute Gasteiger partial charge is 0.417 e. The summed E-state index contributed by atoms with van der Waals surface area (Å²) in [4.78, 5) is 24.9. The summed E-state index contributed by atoms with van der Waals surface area (Å²) in [6.07, 6.45) is -2.79. The minimum absolute atomic E-state index is 0.141. The molecule has 0 unspecified atom stereocenters. The summed E-state index contributed by atoms with van der Waals surface area (Å²) in [5.41, 5.74) is -1.27. The van der Waals surface area contributed by atoms with E-state index in [1.165, 1.54) is 30.1 Å². The molecule has 6 heteroatoms. The summed E-state index contributed by atoms with van der Waals surface area (Å²) in [6.45, 7) is 0. The van der Waals surface area contributed by atoms with E-state index >= 15 is 0 Å². The molecule has 1 amide bonds. The second kappa shape index (κ2) is 5.87. The molecule has 1 aliphatic rings. The van der Waals surface area contributed by atoms with Crippen LogP contribution in [-0.4, -0.2) is 29.7 Å². The first-order valence-corrected chi connectivity index (χ1v) is 6.76. The van der Waals surface area contributed by atoms with Gasteiger partial charge in [-0.2, -0.15) is 13.2 Å². The number of amides is 1. The van der Waals surface area contributed by atoms with Crippen molar-refractivity contribution in [2.75, 3.05) is 7.05 Å². The Morgan fingerprint density at radius 2 is 1.76 bits per heavy atom. The highest BCUT2D eigenvalue weighted by molar-refractivity contribution is 5.96. The maximum Gasteiger partial charge on any atom is 0.417 e. The van der Waals surface area contributed by atoms with E-state index < -0.39 is 17.6 Å². The van der Waals surface area contributed by atoms with E-state index in [0.29, 0.717) is 25.7 Å². The number of hydrogen-bond donors (Lipinski definition) is 0. The number of carbonyl (C=O) groups excluding carboxylic acids is 2. The lowest BCUT2D eigenvalue weighted by molar-refractivity contribution is -0.138. The SMILES string of the molecule is CN(C(=O)c1ccccc1C(F)(F)F)C1CCC(=O)CC1. The number of hydrogen-bond acceptors (Lipinski definition) is 2. The van der Waals surface area contributed by atoms with Crippen LogP contribution in [0.4, 0.5) is 13.2 Å². The fraction of sp³-hybridized carbons (Fsp3) is 0.467. The van der Waals surface area contributed by atoms with E-state index in [4.69, 9.17) is 0 Å². The highest BCUT2D eigenvalue weighted by Gasteiger charge is 2.36. The molecule has 1 fully saturated rings. The molecule has 0 aliphatic heterocycles. The summed E-state index contributed by atoms with van der Waals surface area (Å²) in [6, 6.07) is 4.59. The smallest absolute Gasteiger partial charge is 0.339 e. The van der Waals surface area contributed by atoms with E-state index in [2.05, 4.69) is 0 Å². The van der Waals surface area contributed by atoms with Gasteiger partial charge in [0.15, 0.2) is 0 Å². The average molecular weight is 299 g/mol. The number of Topliss-reactive ketones (excluding diaryl/α,β-unsaturated/α-hetero) is 1. The van der Waals surface area contributed by atoms with E-state index in [-0.39, 0.29) is 17.4 Å². The lowest BCUT2D eigenvalue weighted by Crippen LogP contribution is -2.40. The van der Waals surface area contributed by atoms with Gasteiger partial charge in [-0.1, -0.05) is 12.1 Å². The van der Waals surface area contributed by atoms with Crippen molar-refractivity contribution in [1.82, 2.24) is 4.90 Å². The third-order valence-electron chi connectivity index (χ3n) is 3.84. The molecule has 2 rings (SSSR count). The van der Waals surface area contributed by atoms with Crippen LogP contribution in [-0.2, 0) is 11.0 Å². The Labute approximate surface area is 120 Å². The van der Waals surface area contributed by atoms with Gasteiger partial charge >= 0.3 is 6.18 Å². The van der Waals surface area contributed by atoms with Crippen LogP contribution in [0.5, 0.6) is 0 Å². The molecule has 0 atom stereocenters. The number of nitrogens with zero attached hydrogens (tertiary/aromatic N) is 1. The normalized spacial score (nSPS) is 16.9. The molecule has 0 saturated heterocycles. The summed E-state index contributed by atoms with van der Waals surface area (Å²) >= 11 is 0. The summed E-state index contributed by atoms with van der Waals surface area (Å²) < 4.78 is 38.9. The number of carbonyl (C=O) groups is 2. The van der Waals surface area contributed by atoms with Crippen LogP contribution in [0.1, 0.15) is 41.6 Å². The minimum atomic E-state index is -4.56. The van der Waals surface area contributed by atoms with Crippen LogP contribution >= 0.6 is 0 Å². The number of rotatable bonds is 2. The molecule has 0 spiro atoms. The maximum atomic E-state index is 13.0. The van der Waals surface area contributed by atoms with Crippen LogP contribution in [0.3, 0.4) is 0 Å². The molecule has 114 valence electrons. The van der Waals surface area contributed by atoms with E-state index in [0.717, 1.165) is 6.07 Å². The molecule has 0 aromatic heterocycles. The first-order chi connectivity index (χ1) is 9.80. The molecule has 21 heavy (non-hydrogen) atoms. The lowest BCUT2D eigenvalue weighted by Gasteiger charge is -2.31. The highest BCUT2D eigenvalue weighted by Crippen LogP contribution is 2.33. The molecule has 1 aliphatic carbocycles. The Morgan fingerprint density at radius 1 is 1.19 bits per heavy atom. The zero-order valence-electron chi connectivity index (χ0n) is 11.6. The summed E-state index contributed by atoms with van der Waals surface area (Å²) in [7, 11) is 1.50. The van der Waals surface area contributed by atoms with Crippen molar-refractivity contribution in [3.63, 3.8) is 0 Å². The Kier molecular flexibility index (Phi) is 4.34. The zero-order chi connectivity index (χ0) is 15.6. The Bertz CT molecular complexity index is 544. The average Bonchev–Trinajstić information content (AvgIpc) is 2.45. The highest BCUT2D eigenvalue weighted by atomic mass is 19.4. The molecule has 0 N–H and O–H groups in total. The number of alkyl halides is 3. The predicted octanol–water partition coefficient (Wildman–Crippen LogP) is 3.29. The predicted molar refractivity (Wildman–Crippen MR) is 70.8 cm³/mol. The topological polar surface area (TPSA) is 37.4 Å². The fourth-order valence-corrected chi connectivity index (χ4v) is 2.58. The van der Waals surface area contributed by atoms with Crippen molar-refractivity contribution in [2.24, 2.45) is 0 Å². The van der Waals surface area contributed by atoms with Crippen molar-refractivity contribution in [2.45, 2.75) is 37.9 Å². The van der Waals surface area contributed by atoms with Crippen LogP contribution in [0.15, 0.2) is 24.3 Å². The number of ketones is 1. The summed E-state index contributed by atoms with van der Waals surface area (Å²) in [5.74, 6) is -0.509. The zero-order valence-corrected chi connectivity index (χ0v) is 11.6. The molecule has 3 nitrogen and oxygen atoms in total. The second-order valence-electron chi connectivity index (χ2n) is 5.23. The maximum absolute atomic E-state index is 13.0. The van der Waals surface area contributed by atoms with E-state index in [9.17, 15) is 22.8 Å². The molecule has 1 saturated carbocycles. The van der Waals surface area contributed by atoms with Crippen LogP contribution < -0.4 is 0 Å². The first kappa shape index (κ1) is 15.5. The third kappa shape index (κ3) is 3.43. The Hall–Kier alpha value is -1.85. The molecule has 0 heterocycles. The second-order valence-corrected chi connectivity index (χ2v) is 5.23. The van der Waals surface area contributed by atoms with Crippen molar-refractivity contribution in [3.05, 3.63) is 35.4 Å². The van der Waals surface area contributed by atoms with Gasteiger partial charge in [0, 0.05) is 25.9 Å². The van der Waals surface area contributed by atoms with Gasteiger partial charge in [-0.25, -0.2) is 0 Å². The molecule has 1 aromatic carbocycles. The standard InChI is InChI=1S/C15H16F3NO2/c1-19(10-6-8-11(20)9-7-10)14(21)12-4-2-3-5-13(12)15(16,17)18/h2-5,10H,6-9H2,1H3. The van der Waals surface area contributed by atoms with Crippen LogP contribution in [0.25, 0.3) is 0 Å². The van der Waals surface area contributed by atoms with Crippen LogP contribution in [0, 0.1) is 0 Å².